The molecular weight excluding hydrogens is 284 g/mol. The van der Waals surface area contributed by atoms with Crippen molar-refractivity contribution in [3.05, 3.63) is 10.8 Å². The van der Waals surface area contributed by atoms with E-state index in [2.05, 4.69) is 30.9 Å². The van der Waals surface area contributed by atoms with Crippen molar-refractivity contribution in [1.29, 1.82) is 0 Å². The maximum Gasteiger partial charge on any atom is 0.230 e. The van der Waals surface area contributed by atoms with Gasteiger partial charge in [0.25, 0.3) is 0 Å². The highest BCUT2D eigenvalue weighted by Crippen LogP contribution is 2.16. The lowest BCUT2D eigenvalue weighted by atomic mass is 10.7. The van der Waals surface area contributed by atoms with Gasteiger partial charge in [-0.1, -0.05) is 0 Å². The number of aryl methyl sites for hydroxylation is 1. The monoisotopic (exact) mass is 290 g/mol. The average Bonchev–Trinajstić information content (AvgIpc) is 2.42. The van der Waals surface area contributed by atoms with Crippen LogP contribution in [0.3, 0.4) is 0 Å². The molecular formula is C7H7BrN4O2S. The molecule has 2 aromatic rings. The quantitative estimate of drug-likeness (QED) is 0.766. The Morgan fingerprint density at radius 1 is 1.40 bits per heavy atom. The topological polar surface area (TPSA) is 77.7 Å². The first-order valence-electron chi connectivity index (χ1n) is 3.94. The van der Waals surface area contributed by atoms with Crippen LogP contribution in [0, 0.1) is 0 Å². The minimum absolute atomic E-state index is 0.0319. The van der Waals surface area contributed by atoms with Gasteiger partial charge in [-0.15, -0.1) is 0 Å². The second-order valence-corrected chi connectivity index (χ2v) is 5.79. The van der Waals surface area contributed by atoms with Gasteiger partial charge in [-0.3, -0.25) is 0 Å². The lowest BCUT2D eigenvalue weighted by Crippen LogP contribution is -2.05. The summed E-state index contributed by atoms with van der Waals surface area (Å²) in [6, 6.07) is 0. The van der Waals surface area contributed by atoms with E-state index >= 15 is 0 Å². The number of rotatable bonds is 1. The van der Waals surface area contributed by atoms with Crippen LogP contribution in [0.2, 0.25) is 0 Å². The van der Waals surface area contributed by atoms with Gasteiger partial charge in [-0.2, -0.15) is 4.98 Å². The Morgan fingerprint density at radius 2 is 2.07 bits per heavy atom. The molecule has 0 N–H and O–H groups in total. The molecule has 0 aliphatic rings. The van der Waals surface area contributed by atoms with Gasteiger partial charge < -0.3 is 4.57 Å². The first kappa shape index (κ1) is 10.5. The van der Waals surface area contributed by atoms with Crippen LogP contribution in [0.1, 0.15) is 0 Å². The van der Waals surface area contributed by atoms with Gasteiger partial charge >= 0.3 is 0 Å². The van der Waals surface area contributed by atoms with E-state index in [1.54, 1.807) is 7.05 Å². The van der Waals surface area contributed by atoms with E-state index in [4.69, 9.17) is 0 Å². The molecule has 2 rings (SSSR count). The Labute approximate surface area is 94.4 Å². The Morgan fingerprint density at radius 3 is 2.67 bits per heavy atom. The lowest BCUT2D eigenvalue weighted by Gasteiger charge is -1.97. The molecule has 6 nitrogen and oxygen atoms in total. The van der Waals surface area contributed by atoms with E-state index in [1.807, 2.05) is 0 Å². The molecule has 0 atom stereocenters. The van der Waals surface area contributed by atoms with Crippen LogP contribution < -0.4 is 0 Å². The highest BCUT2D eigenvalue weighted by molar-refractivity contribution is 9.10. The average molecular weight is 291 g/mol. The van der Waals surface area contributed by atoms with Crippen molar-refractivity contribution < 1.29 is 8.42 Å². The summed E-state index contributed by atoms with van der Waals surface area (Å²) in [6.45, 7) is 0. The molecule has 0 saturated heterocycles. The van der Waals surface area contributed by atoms with Gasteiger partial charge in [-0.25, -0.2) is 18.4 Å². The third-order valence-electron chi connectivity index (χ3n) is 1.84. The smallest absolute Gasteiger partial charge is 0.230 e. The minimum atomic E-state index is -3.35. The highest BCUT2D eigenvalue weighted by Gasteiger charge is 2.18. The van der Waals surface area contributed by atoms with Crippen molar-refractivity contribution in [2.24, 2.45) is 7.05 Å². The predicted octanol–water partition coefficient (Wildman–Crippen LogP) is 0.529. The van der Waals surface area contributed by atoms with Crippen LogP contribution in [-0.2, 0) is 16.9 Å². The number of fused-ring (bicyclic) bond motifs is 1. The number of hydrogen-bond acceptors (Lipinski definition) is 5. The minimum Gasteiger partial charge on any atom is -0.301 e. The molecule has 8 heteroatoms. The van der Waals surface area contributed by atoms with Crippen LogP contribution in [-0.4, -0.2) is 34.2 Å². The normalized spacial score (nSPS) is 12.2. The van der Waals surface area contributed by atoms with Crippen molar-refractivity contribution in [3.8, 4) is 0 Å². The number of aromatic nitrogens is 4. The van der Waals surface area contributed by atoms with Gasteiger partial charge in [0.1, 0.15) is 4.60 Å². The Hall–Kier alpha value is -1.02. The van der Waals surface area contributed by atoms with Gasteiger partial charge in [0.15, 0.2) is 11.3 Å². The van der Waals surface area contributed by atoms with Gasteiger partial charge in [0, 0.05) is 13.3 Å². The van der Waals surface area contributed by atoms with Gasteiger partial charge in [0.05, 0.1) is 6.20 Å². The molecule has 2 aromatic heterocycles. The van der Waals surface area contributed by atoms with Crippen molar-refractivity contribution in [1.82, 2.24) is 19.5 Å². The summed E-state index contributed by atoms with van der Waals surface area (Å²) in [5.41, 5.74) is 0.755. The molecule has 0 unspecified atom stereocenters. The SMILES string of the molecule is Cn1c(S(C)(=O)=O)nc2nc(Br)cnc21. The lowest BCUT2D eigenvalue weighted by molar-refractivity contribution is 0.586. The number of sulfone groups is 1. The summed E-state index contributed by atoms with van der Waals surface area (Å²) >= 11 is 3.14. The number of hydrogen-bond donors (Lipinski definition) is 0. The Balaban J connectivity index is 2.87. The summed E-state index contributed by atoms with van der Waals surface area (Å²) in [4.78, 5) is 12.0. The van der Waals surface area contributed by atoms with Crippen LogP contribution in [0.15, 0.2) is 16.0 Å². The Kier molecular flexibility index (Phi) is 2.27. The number of halogens is 1. The maximum atomic E-state index is 11.4. The second kappa shape index (κ2) is 3.24. The van der Waals surface area contributed by atoms with Gasteiger partial charge in [-0.05, 0) is 15.9 Å². The standard InChI is InChI=1S/C7H7BrN4O2S/c1-12-6-5(10-4(8)3-9-6)11-7(12)15(2,13)14/h3H,1-2H3. The first-order valence-corrected chi connectivity index (χ1v) is 6.63. The molecule has 80 valence electrons. The summed E-state index contributed by atoms with van der Waals surface area (Å²) in [5, 5.41) is -0.0319. The fourth-order valence-electron chi connectivity index (χ4n) is 1.25. The van der Waals surface area contributed by atoms with E-state index in [0.29, 0.717) is 15.9 Å². The fourth-order valence-corrected chi connectivity index (χ4v) is 2.36. The molecule has 0 saturated carbocycles. The summed E-state index contributed by atoms with van der Waals surface area (Å²) in [7, 11) is -1.76. The molecule has 0 aromatic carbocycles. The van der Waals surface area contributed by atoms with Crippen molar-refractivity contribution in [2.75, 3.05) is 6.26 Å². The molecule has 0 spiro atoms. The third kappa shape index (κ3) is 1.74. The van der Waals surface area contributed by atoms with Crippen molar-refractivity contribution in [2.45, 2.75) is 5.16 Å². The van der Waals surface area contributed by atoms with Crippen LogP contribution >= 0.6 is 15.9 Å². The number of imidazole rings is 1. The van der Waals surface area contributed by atoms with Crippen LogP contribution in [0.4, 0.5) is 0 Å². The van der Waals surface area contributed by atoms with Crippen molar-refractivity contribution >= 4 is 37.1 Å². The number of nitrogens with zero attached hydrogens (tertiary/aromatic N) is 4. The molecule has 0 aliphatic heterocycles. The molecule has 0 fully saturated rings. The maximum absolute atomic E-state index is 11.4. The van der Waals surface area contributed by atoms with Gasteiger partial charge in [0.2, 0.25) is 15.0 Å². The molecule has 0 radical (unpaired) electrons. The zero-order valence-electron chi connectivity index (χ0n) is 7.97. The largest absolute Gasteiger partial charge is 0.301 e. The fraction of sp³-hybridized carbons (Fsp3) is 0.286. The van der Waals surface area contributed by atoms with E-state index in [9.17, 15) is 8.42 Å². The highest BCUT2D eigenvalue weighted by atomic mass is 79.9. The van der Waals surface area contributed by atoms with E-state index in [-0.39, 0.29) is 5.16 Å². The van der Waals surface area contributed by atoms with Crippen molar-refractivity contribution in [3.63, 3.8) is 0 Å². The zero-order chi connectivity index (χ0) is 11.2. The van der Waals surface area contributed by atoms with E-state index in [1.165, 1.54) is 10.8 Å². The molecule has 2 heterocycles. The van der Waals surface area contributed by atoms with E-state index in [0.717, 1.165) is 6.26 Å². The third-order valence-corrected chi connectivity index (χ3v) is 3.25. The molecule has 0 aliphatic carbocycles. The second-order valence-electron chi connectivity index (χ2n) is 3.07. The van der Waals surface area contributed by atoms with Crippen LogP contribution in [0.5, 0.6) is 0 Å². The van der Waals surface area contributed by atoms with Crippen LogP contribution in [0.25, 0.3) is 11.3 Å². The molecule has 0 amide bonds. The summed E-state index contributed by atoms with van der Waals surface area (Å²) in [5.74, 6) is 0. The zero-order valence-corrected chi connectivity index (χ0v) is 10.4. The Bertz CT molecular complexity index is 634. The predicted molar refractivity (Wildman–Crippen MR) is 57.1 cm³/mol. The van der Waals surface area contributed by atoms with E-state index < -0.39 is 9.84 Å². The summed E-state index contributed by atoms with van der Waals surface area (Å²) < 4.78 is 24.6. The molecule has 0 bridgehead atoms. The summed E-state index contributed by atoms with van der Waals surface area (Å²) in [6.07, 6.45) is 2.60. The molecule has 15 heavy (non-hydrogen) atoms. The first-order chi connectivity index (χ1) is 6.89.